The molecule has 3 rings (SSSR count). The molecule has 3 aliphatic rings. The lowest BCUT2D eigenvalue weighted by atomic mass is 9.99. The molecule has 1 N–H and O–H groups in total. The summed E-state index contributed by atoms with van der Waals surface area (Å²) < 4.78 is 114. The molecule has 43 heavy (non-hydrogen) atoms. The van der Waals surface area contributed by atoms with Crippen LogP contribution >= 0.6 is 7.26 Å². The Bertz CT molecular complexity index is 979. The van der Waals surface area contributed by atoms with Crippen LogP contribution in [0, 0.1) is 0 Å². The van der Waals surface area contributed by atoms with Crippen molar-refractivity contribution in [3.8, 4) is 0 Å². The molecule has 0 atom stereocenters. The fourth-order valence-corrected chi connectivity index (χ4v) is 16.0. The van der Waals surface area contributed by atoms with Gasteiger partial charge in [-0.15, -0.1) is 0 Å². The number of carbonyl (C=O) groups is 1. The standard InChI is InChI=1S/C25H46O2P.C2HF6NO4S2/c1-2-3-13-20-27-25(26)21-28(22-14-7-4-8-15-22,23-16-9-5-10-17-23)24-18-11-6-12-19-24;3-1(4,5)14(10,11)9-15(12,13)2(6,7)8/h22-24H,2-21H2,1H3;9H/q+1;. The topological polar surface area (TPSA) is 107 Å². The zero-order valence-corrected chi connectivity index (χ0v) is 27.4. The molecule has 7 nitrogen and oxygen atoms in total. The molecule has 16 heteroatoms. The number of rotatable bonds is 11. The summed E-state index contributed by atoms with van der Waals surface area (Å²) in [4.78, 5) is 13.2. The Kier molecular flexibility index (Phi) is 15.0. The quantitative estimate of drug-likeness (QED) is 0.102. The van der Waals surface area contributed by atoms with Gasteiger partial charge in [-0.2, -0.15) is 26.3 Å². The normalized spacial score (nSPS) is 20.7. The van der Waals surface area contributed by atoms with E-state index >= 15 is 0 Å². The first-order valence-electron chi connectivity index (χ1n) is 15.4. The Morgan fingerprint density at radius 2 is 1.02 bits per heavy atom. The van der Waals surface area contributed by atoms with Crippen molar-refractivity contribution in [2.75, 3.05) is 12.8 Å². The number of hydrogen-bond donors (Lipinski definition) is 1. The summed E-state index contributed by atoms with van der Waals surface area (Å²) in [5.74, 6) is 0.186. The molecule has 3 aliphatic carbocycles. The van der Waals surface area contributed by atoms with Gasteiger partial charge in [-0.1, -0.05) is 43.2 Å². The van der Waals surface area contributed by atoms with E-state index in [1.54, 1.807) is 0 Å². The van der Waals surface area contributed by atoms with E-state index in [-0.39, 0.29) is 5.97 Å². The van der Waals surface area contributed by atoms with Crippen molar-refractivity contribution in [2.24, 2.45) is 0 Å². The third-order valence-electron chi connectivity index (χ3n) is 9.01. The van der Waals surface area contributed by atoms with Crippen LogP contribution in [0.4, 0.5) is 26.3 Å². The fourth-order valence-electron chi connectivity index (χ4n) is 7.01. The van der Waals surface area contributed by atoms with Crippen molar-refractivity contribution < 1.29 is 52.7 Å². The van der Waals surface area contributed by atoms with Gasteiger partial charge >= 0.3 is 37.0 Å². The summed E-state index contributed by atoms with van der Waals surface area (Å²) in [6.45, 7) is 2.88. The van der Waals surface area contributed by atoms with Gasteiger partial charge in [-0.25, -0.2) is 21.6 Å². The first kappa shape index (κ1) is 38.5. The maximum atomic E-state index is 13.2. The fraction of sp³-hybridized carbons (Fsp3) is 0.963. The second kappa shape index (κ2) is 16.8. The van der Waals surface area contributed by atoms with Crippen LogP contribution in [-0.2, 0) is 29.6 Å². The summed E-state index contributed by atoms with van der Waals surface area (Å²) >= 11 is 0. The van der Waals surface area contributed by atoms with Crippen LogP contribution in [0.3, 0.4) is 0 Å². The average molecular weight is 691 g/mol. The molecule has 0 amide bonds. The molecule has 0 radical (unpaired) electrons. The van der Waals surface area contributed by atoms with E-state index in [0.29, 0.717) is 6.61 Å². The third kappa shape index (κ3) is 11.0. The smallest absolute Gasteiger partial charge is 0.463 e. The molecular formula is C27H47F6NO6PS2+. The zero-order valence-electron chi connectivity index (χ0n) is 24.9. The number of nitrogens with one attached hydrogen (secondary N) is 1. The van der Waals surface area contributed by atoms with Crippen LogP contribution < -0.4 is 4.13 Å². The van der Waals surface area contributed by atoms with E-state index < -0.39 is 42.5 Å². The highest BCUT2D eigenvalue weighted by molar-refractivity contribution is 8.05. The highest BCUT2D eigenvalue weighted by atomic mass is 32.3. The molecule has 0 spiro atoms. The highest BCUT2D eigenvalue weighted by Gasteiger charge is 2.58. The van der Waals surface area contributed by atoms with Gasteiger partial charge in [-0.05, 0) is 83.5 Å². The van der Waals surface area contributed by atoms with Crippen molar-refractivity contribution >= 4 is 33.3 Å². The van der Waals surface area contributed by atoms with Gasteiger partial charge in [0.2, 0.25) is 0 Å². The molecule has 0 bridgehead atoms. The second-order valence-electron chi connectivity index (χ2n) is 11.9. The molecule has 0 heterocycles. The number of ether oxygens (including phenoxy) is 1. The number of halogens is 6. The number of sulfonamides is 2. The van der Waals surface area contributed by atoms with E-state index in [4.69, 9.17) is 4.74 Å². The summed E-state index contributed by atoms with van der Waals surface area (Å²) in [5.41, 5.74) is -9.64. The monoisotopic (exact) mass is 690 g/mol. The van der Waals surface area contributed by atoms with Gasteiger partial charge in [0.15, 0.2) is 6.16 Å². The minimum absolute atomic E-state index is 0.186. The summed E-state index contributed by atoms with van der Waals surface area (Å²) in [7, 11) is -14.5. The largest absolute Gasteiger partial charge is 0.512 e. The van der Waals surface area contributed by atoms with Crippen LogP contribution in [0.5, 0.6) is 0 Å². The number of carbonyl (C=O) groups excluding carboxylic acids is 1. The van der Waals surface area contributed by atoms with Crippen molar-refractivity contribution in [1.82, 2.24) is 4.13 Å². The molecule has 0 aromatic heterocycles. The average Bonchev–Trinajstić information content (AvgIpc) is 2.94. The Labute approximate surface area is 253 Å². The lowest BCUT2D eigenvalue weighted by Crippen LogP contribution is -2.45. The molecule has 0 aromatic rings. The summed E-state index contributed by atoms with van der Waals surface area (Å²) in [6.07, 6.45) is 25.5. The first-order chi connectivity index (χ1) is 20.0. The maximum Gasteiger partial charge on any atom is 0.512 e. The number of hydrogen-bond acceptors (Lipinski definition) is 6. The maximum absolute atomic E-state index is 13.2. The van der Waals surface area contributed by atoms with Gasteiger partial charge in [0, 0.05) is 7.26 Å². The Balaban J connectivity index is 0.000000367. The lowest BCUT2D eigenvalue weighted by molar-refractivity contribution is -0.140. The van der Waals surface area contributed by atoms with Gasteiger partial charge in [0.25, 0.3) is 0 Å². The van der Waals surface area contributed by atoms with E-state index in [1.165, 1.54) is 109 Å². The molecule has 3 saturated carbocycles. The van der Waals surface area contributed by atoms with E-state index in [1.807, 2.05) is 0 Å². The minimum Gasteiger partial charge on any atom is -0.463 e. The van der Waals surface area contributed by atoms with Crippen LogP contribution in [0.25, 0.3) is 0 Å². The molecule has 0 aliphatic heterocycles. The molecule has 0 saturated heterocycles. The van der Waals surface area contributed by atoms with Crippen molar-refractivity contribution in [1.29, 1.82) is 0 Å². The van der Waals surface area contributed by atoms with Crippen molar-refractivity contribution in [3.05, 3.63) is 0 Å². The molecule has 0 aromatic carbocycles. The predicted molar refractivity (Wildman–Crippen MR) is 156 cm³/mol. The van der Waals surface area contributed by atoms with Crippen LogP contribution in [0.1, 0.15) is 122 Å². The van der Waals surface area contributed by atoms with Gasteiger partial charge < -0.3 is 4.74 Å². The Hall–Kier alpha value is -0.660. The summed E-state index contributed by atoms with van der Waals surface area (Å²) in [6, 6.07) is 0. The Morgan fingerprint density at radius 3 is 1.33 bits per heavy atom. The molecular weight excluding hydrogens is 643 g/mol. The number of esters is 1. The lowest BCUT2D eigenvalue weighted by Gasteiger charge is -2.48. The third-order valence-corrected chi connectivity index (χ3v) is 18.4. The first-order valence-corrected chi connectivity index (χ1v) is 20.6. The zero-order chi connectivity index (χ0) is 32.4. The van der Waals surface area contributed by atoms with Gasteiger partial charge in [0.05, 0.1) is 23.6 Å². The van der Waals surface area contributed by atoms with Gasteiger partial charge in [-0.3, -0.25) is 0 Å². The van der Waals surface area contributed by atoms with Crippen LogP contribution in [-0.4, -0.2) is 63.6 Å². The number of alkyl halides is 6. The SMILES string of the molecule is CCCCCOC(=O)C[P+](C1CCCCC1)(C1CCCCC1)C1CCCCC1.O=S(=O)(NS(=O)(=O)C(F)(F)F)C(F)(F)F. The minimum atomic E-state index is -6.60. The van der Waals surface area contributed by atoms with E-state index in [2.05, 4.69) is 6.92 Å². The predicted octanol–water partition coefficient (Wildman–Crippen LogP) is 8.01. The van der Waals surface area contributed by atoms with Crippen LogP contribution in [0.15, 0.2) is 0 Å². The highest BCUT2D eigenvalue weighted by Crippen LogP contribution is 2.77. The van der Waals surface area contributed by atoms with E-state index in [9.17, 15) is 48.0 Å². The Morgan fingerprint density at radius 1 is 0.674 bits per heavy atom. The van der Waals surface area contributed by atoms with E-state index in [0.717, 1.165) is 29.6 Å². The van der Waals surface area contributed by atoms with Crippen molar-refractivity contribution in [3.63, 3.8) is 0 Å². The molecule has 254 valence electrons. The van der Waals surface area contributed by atoms with Gasteiger partial charge in [0.1, 0.15) is 0 Å². The second-order valence-corrected chi connectivity index (χ2v) is 20.0. The van der Waals surface area contributed by atoms with Crippen LogP contribution in [0.2, 0.25) is 0 Å². The number of unbranched alkanes of at least 4 members (excludes halogenated alkanes) is 2. The molecule has 0 unspecified atom stereocenters. The molecule has 3 fully saturated rings. The summed E-state index contributed by atoms with van der Waals surface area (Å²) in [5, 5.41) is 0. The van der Waals surface area contributed by atoms with Crippen molar-refractivity contribution in [2.45, 2.75) is 150 Å².